The third-order valence-electron chi connectivity index (χ3n) is 3.03. The molecule has 3 rings (SSSR count). The van der Waals surface area contributed by atoms with Gasteiger partial charge < -0.3 is 9.15 Å². The number of hydrogen-bond acceptors (Lipinski definition) is 4. The second-order valence-electron chi connectivity index (χ2n) is 4.25. The molecule has 0 saturated carbocycles. The molecule has 0 amide bonds. The first-order valence-corrected chi connectivity index (χ1v) is 5.99. The van der Waals surface area contributed by atoms with Gasteiger partial charge in [0.15, 0.2) is 11.4 Å². The van der Waals surface area contributed by atoms with Gasteiger partial charge in [0, 0.05) is 5.56 Å². The van der Waals surface area contributed by atoms with E-state index in [1.165, 1.54) is 7.11 Å². The minimum Gasteiger partial charge on any atom is -0.496 e. The number of ketones is 1. The SMILES string of the molecule is COc1ccccc1C(=O)c1ccc2[nH]c(=O)oc2c1. The first kappa shape index (κ1) is 12.2. The van der Waals surface area contributed by atoms with Gasteiger partial charge in [0.2, 0.25) is 0 Å². The lowest BCUT2D eigenvalue weighted by Crippen LogP contribution is -2.03. The molecule has 1 heterocycles. The van der Waals surface area contributed by atoms with Gasteiger partial charge in [0.1, 0.15) is 5.75 Å². The molecular weight excluding hydrogens is 258 g/mol. The number of nitrogens with one attached hydrogen (secondary N) is 1. The molecule has 0 aliphatic carbocycles. The van der Waals surface area contributed by atoms with Crippen molar-refractivity contribution in [1.82, 2.24) is 4.98 Å². The second kappa shape index (κ2) is 4.70. The fourth-order valence-electron chi connectivity index (χ4n) is 2.07. The zero-order chi connectivity index (χ0) is 14.1. The molecule has 0 unspecified atom stereocenters. The van der Waals surface area contributed by atoms with E-state index in [-0.39, 0.29) is 5.78 Å². The molecule has 1 N–H and O–H groups in total. The van der Waals surface area contributed by atoms with Gasteiger partial charge in [-0.15, -0.1) is 0 Å². The predicted molar refractivity (Wildman–Crippen MR) is 73.3 cm³/mol. The molecule has 5 heteroatoms. The highest BCUT2D eigenvalue weighted by Crippen LogP contribution is 2.22. The highest BCUT2D eigenvalue weighted by Gasteiger charge is 2.15. The molecule has 1 aromatic heterocycles. The summed E-state index contributed by atoms with van der Waals surface area (Å²) in [4.78, 5) is 26.1. The van der Waals surface area contributed by atoms with Gasteiger partial charge in [-0.25, -0.2) is 4.79 Å². The van der Waals surface area contributed by atoms with Gasteiger partial charge in [-0.1, -0.05) is 12.1 Å². The highest BCUT2D eigenvalue weighted by molar-refractivity contribution is 6.11. The fraction of sp³-hybridized carbons (Fsp3) is 0.0667. The van der Waals surface area contributed by atoms with Crippen molar-refractivity contribution in [2.45, 2.75) is 0 Å². The monoisotopic (exact) mass is 269 g/mol. The molecule has 0 radical (unpaired) electrons. The van der Waals surface area contributed by atoms with Crippen molar-refractivity contribution in [1.29, 1.82) is 0 Å². The van der Waals surface area contributed by atoms with Crippen LogP contribution >= 0.6 is 0 Å². The number of oxazole rings is 1. The van der Waals surface area contributed by atoms with Gasteiger partial charge in [-0.05, 0) is 30.3 Å². The third-order valence-corrected chi connectivity index (χ3v) is 3.03. The van der Waals surface area contributed by atoms with Crippen molar-refractivity contribution >= 4 is 16.9 Å². The molecule has 0 bridgehead atoms. The Kier molecular flexibility index (Phi) is 2.87. The molecule has 0 spiro atoms. The zero-order valence-corrected chi connectivity index (χ0v) is 10.7. The minimum absolute atomic E-state index is 0.187. The van der Waals surface area contributed by atoms with Crippen LogP contribution in [-0.4, -0.2) is 17.9 Å². The van der Waals surface area contributed by atoms with Crippen molar-refractivity contribution in [3.63, 3.8) is 0 Å². The summed E-state index contributed by atoms with van der Waals surface area (Å²) >= 11 is 0. The van der Waals surface area contributed by atoms with Gasteiger partial charge in [-0.2, -0.15) is 0 Å². The quantitative estimate of drug-likeness (QED) is 0.741. The van der Waals surface area contributed by atoms with E-state index in [4.69, 9.17) is 9.15 Å². The number of aromatic amines is 1. The molecule has 2 aromatic carbocycles. The molecular formula is C15H11NO4. The molecule has 100 valence electrons. The number of ether oxygens (including phenoxy) is 1. The number of carbonyl (C=O) groups excluding carboxylic acids is 1. The Morgan fingerprint density at radius 1 is 1.20 bits per heavy atom. The number of H-pyrrole nitrogens is 1. The van der Waals surface area contributed by atoms with Gasteiger partial charge in [0.25, 0.3) is 0 Å². The van der Waals surface area contributed by atoms with Crippen LogP contribution in [0.5, 0.6) is 5.75 Å². The van der Waals surface area contributed by atoms with Gasteiger partial charge >= 0.3 is 5.76 Å². The van der Waals surface area contributed by atoms with Gasteiger partial charge in [-0.3, -0.25) is 9.78 Å². The lowest BCUT2D eigenvalue weighted by atomic mass is 10.0. The van der Waals surface area contributed by atoms with Gasteiger partial charge in [0.05, 0.1) is 18.2 Å². The number of para-hydroxylation sites is 1. The maximum Gasteiger partial charge on any atom is 0.417 e. The van der Waals surface area contributed by atoms with E-state index in [2.05, 4.69) is 4.98 Å². The Hall–Kier alpha value is -2.82. The van der Waals surface area contributed by atoms with E-state index in [1.54, 1.807) is 42.5 Å². The third kappa shape index (κ3) is 1.99. The van der Waals surface area contributed by atoms with Crippen LogP contribution in [0.2, 0.25) is 0 Å². The van der Waals surface area contributed by atoms with Crippen molar-refractivity contribution in [2.24, 2.45) is 0 Å². The van der Waals surface area contributed by atoms with E-state index >= 15 is 0 Å². The van der Waals surface area contributed by atoms with Crippen LogP contribution in [0.3, 0.4) is 0 Å². The molecule has 5 nitrogen and oxygen atoms in total. The maximum atomic E-state index is 12.5. The van der Waals surface area contributed by atoms with E-state index in [0.29, 0.717) is 28.0 Å². The van der Waals surface area contributed by atoms with Crippen LogP contribution in [0.25, 0.3) is 11.1 Å². The number of hydrogen-bond donors (Lipinski definition) is 1. The summed E-state index contributed by atoms with van der Waals surface area (Å²) in [6, 6.07) is 11.8. The summed E-state index contributed by atoms with van der Waals surface area (Å²) in [6.45, 7) is 0. The summed E-state index contributed by atoms with van der Waals surface area (Å²) in [7, 11) is 1.51. The Bertz CT molecular complexity index is 844. The predicted octanol–water partition coefficient (Wildman–Crippen LogP) is 2.36. The van der Waals surface area contributed by atoms with E-state index in [1.807, 2.05) is 0 Å². The Morgan fingerprint density at radius 3 is 2.80 bits per heavy atom. The molecule has 0 atom stereocenters. The van der Waals surface area contributed by atoms with E-state index in [0.717, 1.165) is 0 Å². The molecule has 0 saturated heterocycles. The number of carbonyl (C=O) groups is 1. The molecule has 0 fully saturated rings. The first-order chi connectivity index (χ1) is 9.69. The lowest BCUT2D eigenvalue weighted by molar-refractivity contribution is 0.103. The summed E-state index contributed by atoms with van der Waals surface area (Å²) < 4.78 is 10.1. The summed E-state index contributed by atoms with van der Waals surface area (Å²) in [5, 5.41) is 0. The zero-order valence-electron chi connectivity index (χ0n) is 10.7. The average Bonchev–Trinajstić information content (AvgIpc) is 2.85. The fourth-order valence-corrected chi connectivity index (χ4v) is 2.07. The average molecular weight is 269 g/mol. The standard InChI is InChI=1S/C15H11NO4/c1-19-12-5-3-2-4-10(12)14(17)9-6-7-11-13(8-9)20-15(18)16-11/h2-8H,1H3,(H,16,18). The summed E-state index contributed by atoms with van der Waals surface area (Å²) in [5.41, 5.74) is 1.82. The minimum atomic E-state index is -0.540. The summed E-state index contributed by atoms with van der Waals surface area (Å²) in [6.07, 6.45) is 0. The van der Waals surface area contributed by atoms with Crippen molar-refractivity contribution in [3.8, 4) is 5.75 Å². The Morgan fingerprint density at radius 2 is 2.00 bits per heavy atom. The van der Waals surface area contributed by atoms with Crippen LogP contribution < -0.4 is 10.5 Å². The van der Waals surface area contributed by atoms with Crippen molar-refractivity contribution < 1.29 is 13.9 Å². The number of methoxy groups -OCH3 is 1. The Balaban J connectivity index is 2.09. The van der Waals surface area contributed by atoms with Crippen LogP contribution in [0.4, 0.5) is 0 Å². The van der Waals surface area contributed by atoms with Crippen LogP contribution in [-0.2, 0) is 0 Å². The molecule has 0 aliphatic rings. The maximum absolute atomic E-state index is 12.5. The van der Waals surface area contributed by atoms with E-state index in [9.17, 15) is 9.59 Å². The second-order valence-corrected chi connectivity index (χ2v) is 4.25. The number of fused-ring (bicyclic) bond motifs is 1. The number of benzene rings is 2. The van der Waals surface area contributed by atoms with Crippen molar-refractivity contribution in [2.75, 3.05) is 7.11 Å². The smallest absolute Gasteiger partial charge is 0.417 e. The largest absolute Gasteiger partial charge is 0.496 e. The van der Waals surface area contributed by atoms with Crippen molar-refractivity contribution in [3.05, 3.63) is 64.1 Å². The molecule has 20 heavy (non-hydrogen) atoms. The molecule has 0 aliphatic heterocycles. The lowest BCUT2D eigenvalue weighted by Gasteiger charge is -2.06. The Labute approximate surface area is 113 Å². The van der Waals surface area contributed by atoms with E-state index < -0.39 is 5.76 Å². The molecule has 3 aromatic rings. The number of aromatic nitrogens is 1. The summed E-state index contributed by atoms with van der Waals surface area (Å²) in [5.74, 6) is -0.219. The first-order valence-electron chi connectivity index (χ1n) is 5.99. The normalized spacial score (nSPS) is 10.7. The van der Waals surface area contributed by atoms with Crippen LogP contribution in [0.15, 0.2) is 51.7 Å². The van der Waals surface area contributed by atoms with Crippen LogP contribution in [0.1, 0.15) is 15.9 Å². The highest BCUT2D eigenvalue weighted by atomic mass is 16.5. The topological polar surface area (TPSA) is 72.3 Å². The van der Waals surface area contributed by atoms with Crippen LogP contribution in [0, 0.1) is 0 Å². The number of rotatable bonds is 3.